The highest BCUT2D eigenvalue weighted by Gasteiger charge is 2.26. The van der Waals surface area contributed by atoms with Crippen LogP contribution in [0.15, 0.2) is 12.5 Å². The molecule has 1 aliphatic carbocycles. The van der Waals surface area contributed by atoms with E-state index >= 15 is 0 Å². The Morgan fingerprint density at radius 2 is 2.10 bits per heavy atom. The fourth-order valence-corrected chi connectivity index (χ4v) is 2.57. The molecule has 20 heavy (non-hydrogen) atoms. The van der Waals surface area contributed by atoms with Crippen LogP contribution in [0.2, 0.25) is 0 Å². The van der Waals surface area contributed by atoms with Crippen LogP contribution in [0.25, 0.3) is 11.5 Å². The molecule has 0 radical (unpaired) electrons. The van der Waals surface area contributed by atoms with Gasteiger partial charge < -0.3 is 9.88 Å². The summed E-state index contributed by atoms with van der Waals surface area (Å²) in [5.74, 6) is 1.74. The third-order valence-corrected chi connectivity index (χ3v) is 3.75. The third kappa shape index (κ3) is 2.28. The second-order valence-corrected chi connectivity index (χ2v) is 5.26. The predicted molar refractivity (Wildman–Crippen MR) is 79.8 cm³/mol. The topological polar surface area (TPSA) is 55.6 Å². The monoisotopic (exact) mass is 271 g/mol. The van der Waals surface area contributed by atoms with Crippen molar-refractivity contribution in [3.05, 3.63) is 23.8 Å². The number of anilines is 1. The van der Waals surface area contributed by atoms with Gasteiger partial charge in [0.25, 0.3) is 0 Å². The number of hydrogen-bond donors (Lipinski definition) is 1. The van der Waals surface area contributed by atoms with Crippen LogP contribution < -0.4 is 5.32 Å². The van der Waals surface area contributed by atoms with Gasteiger partial charge >= 0.3 is 0 Å². The van der Waals surface area contributed by atoms with Gasteiger partial charge in [0.1, 0.15) is 11.5 Å². The standard InChI is InChI=1S/C15H21N5/c1-4-12-10(3)18-15(19-14(12)17-5-2)13-8-16-9-20(13)11-6-7-11/h8-9,11H,4-7H2,1-3H3,(H,17,18,19). The summed E-state index contributed by atoms with van der Waals surface area (Å²) in [4.78, 5) is 13.7. The molecule has 2 aromatic rings. The first-order chi connectivity index (χ1) is 9.74. The minimum atomic E-state index is 0.588. The molecule has 1 fully saturated rings. The molecular formula is C15H21N5. The first-order valence-corrected chi connectivity index (χ1v) is 7.38. The van der Waals surface area contributed by atoms with E-state index in [4.69, 9.17) is 4.98 Å². The highest BCUT2D eigenvalue weighted by Crippen LogP contribution is 2.37. The van der Waals surface area contributed by atoms with Crippen molar-refractivity contribution in [1.82, 2.24) is 19.5 Å². The molecule has 3 rings (SSSR count). The van der Waals surface area contributed by atoms with Crippen LogP contribution in [0, 0.1) is 6.92 Å². The minimum absolute atomic E-state index is 0.588. The van der Waals surface area contributed by atoms with Crippen LogP contribution in [0.1, 0.15) is 44.0 Å². The number of imidazole rings is 1. The maximum absolute atomic E-state index is 4.72. The van der Waals surface area contributed by atoms with Gasteiger partial charge in [0, 0.05) is 23.8 Å². The molecular weight excluding hydrogens is 250 g/mol. The molecule has 5 nitrogen and oxygen atoms in total. The number of aryl methyl sites for hydroxylation is 1. The number of aromatic nitrogens is 4. The lowest BCUT2D eigenvalue weighted by Gasteiger charge is -2.13. The number of nitrogens with zero attached hydrogens (tertiary/aromatic N) is 4. The van der Waals surface area contributed by atoms with Crippen LogP contribution in [0.5, 0.6) is 0 Å². The van der Waals surface area contributed by atoms with Crippen molar-refractivity contribution in [3.63, 3.8) is 0 Å². The van der Waals surface area contributed by atoms with Crippen molar-refractivity contribution < 1.29 is 0 Å². The smallest absolute Gasteiger partial charge is 0.180 e. The van der Waals surface area contributed by atoms with Crippen molar-refractivity contribution in [1.29, 1.82) is 0 Å². The molecule has 2 heterocycles. The Morgan fingerprint density at radius 3 is 2.75 bits per heavy atom. The van der Waals surface area contributed by atoms with E-state index in [-0.39, 0.29) is 0 Å². The molecule has 1 N–H and O–H groups in total. The van der Waals surface area contributed by atoms with E-state index in [1.165, 1.54) is 18.4 Å². The predicted octanol–water partition coefficient (Wildman–Crippen LogP) is 2.98. The van der Waals surface area contributed by atoms with Gasteiger partial charge in [-0.25, -0.2) is 15.0 Å². The van der Waals surface area contributed by atoms with Crippen molar-refractivity contribution in [2.45, 2.75) is 46.1 Å². The van der Waals surface area contributed by atoms with E-state index in [9.17, 15) is 0 Å². The maximum Gasteiger partial charge on any atom is 0.180 e. The van der Waals surface area contributed by atoms with Gasteiger partial charge in [-0.15, -0.1) is 0 Å². The lowest BCUT2D eigenvalue weighted by Crippen LogP contribution is -2.09. The zero-order valence-electron chi connectivity index (χ0n) is 12.3. The summed E-state index contributed by atoms with van der Waals surface area (Å²) in [6, 6.07) is 0.588. The van der Waals surface area contributed by atoms with Crippen LogP contribution in [-0.2, 0) is 6.42 Å². The number of hydrogen-bond acceptors (Lipinski definition) is 4. The van der Waals surface area contributed by atoms with Gasteiger partial charge in [0.15, 0.2) is 5.82 Å². The first-order valence-electron chi connectivity index (χ1n) is 7.38. The van der Waals surface area contributed by atoms with Crippen LogP contribution in [0.4, 0.5) is 5.82 Å². The minimum Gasteiger partial charge on any atom is -0.370 e. The Bertz CT molecular complexity index is 613. The lowest BCUT2D eigenvalue weighted by molar-refractivity contribution is 0.742. The summed E-state index contributed by atoms with van der Waals surface area (Å²) in [5.41, 5.74) is 3.28. The quantitative estimate of drug-likeness (QED) is 0.908. The molecule has 0 spiro atoms. The Kier molecular flexibility index (Phi) is 3.42. The molecule has 1 aliphatic rings. The second-order valence-electron chi connectivity index (χ2n) is 5.26. The SMILES string of the molecule is CCNc1nc(-c2cncn2C2CC2)nc(C)c1CC. The summed E-state index contributed by atoms with van der Waals surface area (Å²) in [6.07, 6.45) is 7.17. The molecule has 0 saturated heterocycles. The third-order valence-electron chi connectivity index (χ3n) is 3.75. The van der Waals surface area contributed by atoms with Gasteiger partial charge in [-0.3, -0.25) is 0 Å². The van der Waals surface area contributed by atoms with E-state index in [0.717, 1.165) is 36.0 Å². The molecule has 106 valence electrons. The van der Waals surface area contributed by atoms with Crippen molar-refractivity contribution in [2.24, 2.45) is 0 Å². The molecule has 0 atom stereocenters. The molecule has 0 unspecified atom stereocenters. The van der Waals surface area contributed by atoms with E-state index in [1.54, 1.807) is 0 Å². The van der Waals surface area contributed by atoms with Crippen molar-refractivity contribution >= 4 is 5.82 Å². The van der Waals surface area contributed by atoms with E-state index in [0.29, 0.717) is 6.04 Å². The zero-order chi connectivity index (χ0) is 14.1. The Balaban J connectivity index is 2.06. The van der Waals surface area contributed by atoms with Crippen molar-refractivity contribution in [3.8, 4) is 11.5 Å². The summed E-state index contributed by atoms with van der Waals surface area (Å²) in [5, 5.41) is 3.35. The molecule has 0 bridgehead atoms. The average Bonchev–Trinajstić information content (AvgIpc) is 3.16. The maximum atomic E-state index is 4.72. The van der Waals surface area contributed by atoms with Gasteiger partial charge in [-0.2, -0.15) is 0 Å². The van der Waals surface area contributed by atoms with Crippen LogP contribution in [-0.4, -0.2) is 26.1 Å². The van der Waals surface area contributed by atoms with Gasteiger partial charge in [0.05, 0.1) is 12.5 Å². The molecule has 0 aromatic carbocycles. The van der Waals surface area contributed by atoms with E-state index < -0.39 is 0 Å². The lowest BCUT2D eigenvalue weighted by atomic mass is 10.1. The highest BCUT2D eigenvalue weighted by atomic mass is 15.1. The van der Waals surface area contributed by atoms with Crippen molar-refractivity contribution in [2.75, 3.05) is 11.9 Å². The average molecular weight is 271 g/mol. The highest BCUT2D eigenvalue weighted by molar-refractivity contribution is 5.57. The van der Waals surface area contributed by atoms with E-state index in [1.807, 2.05) is 12.5 Å². The normalized spacial score (nSPS) is 14.6. The molecule has 2 aromatic heterocycles. The van der Waals surface area contributed by atoms with Gasteiger partial charge in [-0.1, -0.05) is 6.92 Å². The molecule has 1 saturated carbocycles. The Hall–Kier alpha value is -1.91. The fourth-order valence-electron chi connectivity index (χ4n) is 2.57. The second kappa shape index (κ2) is 5.23. The Morgan fingerprint density at radius 1 is 1.30 bits per heavy atom. The molecule has 0 amide bonds. The van der Waals surface area contributed by atoms with Gasteiger partial charge in [0.2, 0.25) is 0 Å². The summed E-state index contributed by atoms with van der Waals surface area (Å²) in [7, 11) is 0. The first kappa shape index (κ1) is 13.1. The van der Waals surface area contributed by atoms with Crippen LogP contribution >= 0.6 is 0 Å². The van der Waals surface area contributed by atoms with Crippen LogP contribution in [0.3, 0.4) is 0 Å². The summed E-state index contributed by atoms with van der Waals surface area (Å²) < 4.78 is 2.20. The molecule has 0 aliphatic heterocycles. The Labute approximate surface area is 119 Å². The fraction of sp³-hybridized carbons (Fsp3) is 0.533. The zero-order valence-corrected chi connectivity index (χ0v) is 12.3. The van der Waals surface area contributed by atoms with E-state index in [2.05, 4.69) is 40.6 Å². The summed E-state index contributed by atoms with van der Waals surface area (Å²) >= 11 is 0. The molecule has 5 heteroatoms. The summed E-state index contributed by atoms with van der Waals surface area (Å²) in [6.45, 7) is 7.15. The largest absolute Gasteiger partial charge is 0.370 e. The van der Waals surface area contributed by atoms with Gasteiger partial charge in [-0.05, 0) is 33.1 Å². The number of nitrogens with one attached hydrogen (secondary N) is 1. The number of rotatable bonds is 5.